The van der Waals surface area contributed by atoms with E-state index in [1.165, 1.54) is 0 Å². The molecule has 0 aliphatic rings. The average Bonchev–Trinajstić information content (AvgIpc) is 2.48. The van der Waals surface area contributed by atoms with Crippen LogP contribution in [0.2, 0.25) is 5.15 Å². The number of phenols is 1. The van der Waals surface area contributed by atoms with Crippen molar-refractivity contribution in [3.8, 4) is 5.75 Å². The fourth-order valence-corrected chi connectivity index (χ4v) is 2.40. The lowest BCUT2D eigenvalue weighted by Crippen LogP contribution is -1.97. The molecule has 0 aliphatic carbocycles. The maximum absolute atomic E-state index is 10.0. The molecule has 3 aromatic rings. The van der Waals surface area contributed by atoms with Crippen LogP contribution in [0.5, 0.6) is 5.75 Å². The third kappa shape index (κ3) is 2.99. The molecule has 0 aliphatic heterocycles. The van der Waals surface area contributed by atoms with E-state index in [0.29, 0.717) is 22.4 Å². The van der Waals surface area contributed by atoms with Gasteiger partial charge in [0.15, 0.2) is 5.82 Å². The van der Waals surface area contributed by atoms with E-state index in [2.05, 4.69) is 20.5 Å². The summed E-state index contributed by atoms with van der Waals surface area (Å²) < 4.78 is 0. The molecule has 2 N–H and O–H groups in total. The molecule has 0 bridgehead atoms. The monoisotopic (exact) mass is 312 g/mol. The molecule has 0 saturated carbocycles. The smallest absolute Gasteiger partial charge is 0.151 e. The van der Waals surface area contributed by atoms with E-state index in [-0.39, 0.29) is 5.75 Å². The topological polar surface area (TPSA) is 70.4 Å². The van der Waals surface area contributed by atoms with Crippen LogP contribution in [0.4, 0.5) is 5.82 Å². The van der Waals surface area contributed by atoms with Crippen LogP contribution >= 0.6 is 11.6 Å². The molecular weight excluding hydrogens is 300 g/mol. The molecule has 1 heterocycles. The molecule has 0 radical (unpaired) electrons. The van der Waals surface area contributed by atoms with Crippen LogP contribution in [0.3, 0.4) is 0 Å². The number of aromatic hydroxyl groups is 1. The molecule has 1 aromatic heterocycles. The summed E-state index contributed by atoms with van der Waals surface area (Å²) in [4.78, 5) is 8.15. The predicted octanol–water partition coefficient (Wildman–Crippen LogP) is 3.74. The van der Waals surface area contributed by atoms with Crippen LogP contribution in [0.1, 0.15) is 11.4 Å². The minimum absolute atomic E-state index is 0.168. The number of halogens is 1. The second-order valence-electron chi connectivity index (χ2n) is 4.71. The van der Waals surface area contributed by atoms with Crippen molar-refractivity contribution in [3.63, 3.8) is 0 Å². The fraction of sp³-hybridized carbons (Fsp3) is 0.0625. The third-order valence-electron chi connectivity index (χ3n) is 3.13. The zero-order chi connectivity index (χ0) is 15.5. The SMILES string of the molecule is Cc1nc(Cl)cc(N/N=C\c2c(O)ccc3ccccc23)n1. The van der Waals surface area contributed by atoms with Crippen LogP contribution < -0.4 is 5.43 Å². The average molecular weight is 313 g/mol. The van der Waals surface area contributed by atoms with Crippen molar-refractivity contribution in [2.75, 3.05) is 5.43 Å². The van der Waals surface area contributed by atoms with E-state index in [4.69, 9.17) is 11.6 Å². The van der Waals surface area contributed by atoms with Crippen molar-refractivity contribution in [3.05, 3.63) is 59.0 Å². The molecule has 5 nitrogen and oxygen atoms in total. The predicted molar refractivity (Wildman–Crippen MR) is 88.6 cm³/mol. The summed E-state index contributed by atoms with van der Waals surface area (Å²) in [5, 5.41) is 16.4. The first-order valence-corrected chi connectivity index (χ1v) is 7.02. The van der Waals surface area contributed by atoms with E-state index in [9.17, 15) is 5.11 Å². The molecule has 0 saturated heterocycles. The number of hydrogen-bond donors (Lipinski definition) is 2. The molecule has 22 heavy (non-hydrogen) atoms. The van der Waals surface area contributed by atoms with Crippen LogP contribution in [0.15, 0.2) is 47.6 Å². The van der Waals surface area contributed by atoms with Gasteiger partial charge in [-0.15, -0.1) is 0 Å². The number of rotatable bonds is 3. The number of aryl methyl sites for hydroxylation is 1. The van der Waals surface area contributed by atoms with Gasteiger partial charge in [0.1, 0.15) is 16.7 Å². The molecule has 0 atom stereocenters. The quantitative estimate of drug-likeness (QED) is 0.439. The summed E-state index contributed by atoms with van der Waals surface area (Å²) in [7, 11) is 0. The lowest BCUT2D eigenvalue weighted by molar-refractivity contribution is 0.475. The van der Waals surface area contributed by atoms with Gasteiger partial charge in [-0.3, -0.25) is 5.43 Å². The van der Waals surface area contributed by atoms with Crippen molar-refractivity contribution in [1.82, 2.24) is 9.97 Å². The Balaban J connectivity index is 1.91. The van der Waals surface area contributed by atoms with E-state index >= 15 is 0 Å². The van der Waals surface area contributed by atoms with E-state index in [1.807, 2.05) is 30.3 Å². The van der Waals surface area contributed by atoms with Gasteiger partial charge in [-0.2, -0.15) is 5.10 Å². The molecule has 0 fully saturated rings. The maximum atomic E-state index is 10.0. The lowest BCUT2D eigenvalue weighted by atomic mass is 10.0. The zero-order valence-electron chi connectivity index (χ0n) is 11.8. The molecule has 2 aromatic carbocycles. The standard InChI is InChI=1S/C16H13ClN4O/c1-10-19-15(17)8-16(20-10)21-18-9-13-12-5-3-2-4-11(12)6-7-14(13)22/h2-9,22H,1H3,(H,19,20,21)/b18-9-. The summed E-state index contributed by atoms with van der Waals surface area (Å²) in [5.41, 5.74) is 3.43. The first-order chi connectivity index (χ1) is 10.6. The summed E-state index contributed by atoms with van der Waals surface area (Å²) >= 11 is 5.87. The Labute approximate surface area is 132 Å². The van der Waals surface area contributed by atoms with Gasteiger partial charge in [0.2, 0.25) is 0 Å². The molecule has 0 amide bonds. The van der Waals surface area contributed by atoms with Crippen molar-refractivity contribution >= 4 is 34.4 Å². The molecule has 110 valence electrons. The number of fused-ring (bicyclic) bond motifs is 1. The highest BCUT2D eigenvalue weighted by Gasteiger charge is 2.04. The Bertz CT molecular complexity index is 844. The first kappa shape index (κ1) is 14.3. The number of benzene rings is 2. The van der Waals surface area contributed by atoms with Gasteiger partial charge in [0, 0.05) is 11.6 Å². The van der Waals surface area contributed by atoms with Crippen molar-refractivity contribution in [1.29, 1.82) is 0 Å². The number of nitrogens with one attached hydrogen (secondary N) is 1. The van der Waals surface area contributed by atoms with Crippen LogP contribution in [-0.2, 0) is 0 Å². The van der Waals surface area contributed by atoms with Gasteiger partial charge in [-0.05, 0) is 23.8 Å². The molecule has 0 spiro atoms. The summed E-state index contributed by atoms with van der Waals surface area (Å²) in [6, 6.07) is 12.9. The number of hydrogen-bond acceptors (Lipinski definition) is 5. The Morgan fingerprint density at radius 1 is 1.18 bits per heavy atom. The third-order valence-corrected chi connectivity index (χ3v) is 3.32. The van der Waals surface area contributed by atoms with Gasteiger partial charge >= 0.3 is 0 Å². The van der Waals surface area contributed by atoms with Crippen LogP contribution in [0.25, 0.3) is 10.8 Å². The molecule has 3 rings (SSSR count). The number of hydrazone groups is 1. The van der Waals surface area contributed by atoms with Gasteiger partial charge in [-0.1, -0.05) is 41.9 Å². The van der Waals surface area contributed by atoms with E-state index in [0.717, 1.165) is 10.8 Å². The Kier molecular flexibility index (Phi) is 3.89. The van der Waals surface area contributed by atoms with Crippen molar-refractivity contribution in [2.45, 2.75) is 6.92 Å². The van der Waals surface area contributed by atoms with Crippen molar-refractivity contribution < 1.29 is 5.11 Å². The Morgan fingerprint density at radius 3 is 2.82 bits per heavy atom. The normalized spacial score (nSPS) is 11.2. The largest absolute Gasteiger partial charge is 0.507 e. The minimum Gasteiger partial charge on any atom is -0.507 e. The fourth-order valence-electron chi connectivity index (χ4n) is 2.17. The first-order valence-electron chi connectivity index (χ1n) is 6.64. The highest BCUT2D eigenvalue weighted by Crippen LogP contribution is 2.25. The van der Waals surface area contributed by atoms with E-state index < -0.39 is 0 Å². The van der Waals surface area contributed by atoms with Gasteiger partial charge in [0.25, 0.3) is 0 Å². The highest BCUT2D eigenvalue weighted by molar-refractivity contribution is 6.29. The number of nitrogens with zero attached hydrogens (tertiary/aromatic N) is 3. The van der Waals surface area contributed by atoms with E-state index in [1.54, 1.807) is 25.3 Å². The van der Waals surface area contributed by atoms with Gasteiger partial charge in [-0.25, -0.2) is 9.97 Å². The molecular formula is C16H13ClN4O. The number of phenolic OH excluding ortho intramolecular Hbond substituents is 1. The highest BCUT2D eigenvalue weighted by atomic mass is 35.5. The summed E-state index contributed by atoms with van der Waals surface area (Å²) in [5.74, 6) is 1.22. The van der Waals surface area contributed by atoms with Gasteiger partial charge < -0.3 is 5.11 Å². The second-order valence-corrected chi connectivity index (χ2v) is 5.10. The van der Waals surface area contributed by atoms with Gasteiger partial charge in [0.05, 0.1) is 6.21 Å². The lowest BCUT2D eigenvalue weighted by Gasteiger charge is -2.05. The second kappa shape index (κ2) is 5.99. The van der Waals surface area contributed by atoms with Crippen LogP contribution in [-0.4, -0.2) is 21.3 Å². The Morgan fingerprint density at radius 2 is 2.00 bits per heavy atom. The van der Waals surface area contributed by atoms with Crippen LogP contribution in [0, 0.1) is 6.92 Å². The molecule has 6 heteroatoms. The summed E-state index contributed by atoms with van der Waals surface area (Å²) in [6.07, 6.45) is 1.56. The Hall–Kier alpha value is -2.66. The summed E-state index contributed by atoms with van der Waals surface area (Å²) in [6.45, 7) is 1.75. The zero-order valence-corrected chi connectivity index (χ0v) is 12.5. The molecule has 0 unspecified atom stereocenters. The maximum Gasteiger partial charge on any atom is 0.151 e. The number of anilines is 1. The van der Waals surface area contributed by atoms with Crippen molar-refractivity contribution in [2.24, 2.45) is 5.10 Å². The number of aromatic nitrogens is 2. The minimum atomic E-state index is 0.168.